The first-order valence-corrected chi connectivity index (χ1v) is 14.0. The highest BCUT2D eigenvalue weighted by Crippen LogP contribution is 2.54. The fraction of sp³-hybridized carbons (Fsp3) is 0.929. The predicted molar refractivity (Wildman–Crippen MR) is 125 cm³/mol. The molecule has 33 heavy (non-hydrogen) atoms. The minimum absolute atomic E-state index is 0.0407. The zero-order valence-corrected chi connectivity index (χ0v) is 20.6. The van der Waals surface area contributed by atoms with Crippen molar-refractivity contribution in [1.82, 2.24) is 0 Å². The van der Waals surface area contributed by atoms with E-state index in [0.717, 1.165) is 30.8 Å². The first-order valence-electron chi connectivity index (χ1n) is 14.0. The molecule has 2 aliphatic heterocycles. The van der Waals surface area contributed by atoms with Crippen LogP contribution in [0.1, 0.15) is 90.9 Å². The van der Waals surface area contributed by atoms with Gasteiger partial charge in [-0.05, 0) is 74.0 Å². The quantitative estimate of drug-likeness (QED) is 0.533. The van der Waals surface area contributed by atoms with Gasteiger partial charge in [0, 0.05) is 18.3 Å². The van der Waals surface area contributed by atoms with Gasteiger partial charge >= 0.3 is 11.9 Å². The summed E-state index contributed by atoms with van der Waals surface area (Å²) in [4.78, 5) is 23.8. The Balaban J connectivity index is 1.23. The molecule has 5 fully saturated rings. The molecule has 3 saturated carbocycles. The van der Waals surface area contributed by atoms with Crippen LogP contribution < -0.4 is 0 Å². The molecule has 0 aromatic carbocycles. The van der Waals surface area contributed by atoms with Crippen molar-refractivity contribution in [3.63, 3.8) is 0 Å². The molecule has 8 atom stereocenters. The summed E-state index contributed by atoms with van der Waals surface area (Å²) in [5.74, 6) is 3.39. The van der Waals surface area contributed by atoms with Crippen molar-refractivity contribution < 1.29 is 24.2 Å². The van der Waals surface area contributed by atoms with E-state index in [1.54, 1.807) is 0 Å². The molecule has 0 bridgehead atoms. The number of carboxylic acid groups (broad SMARTS) is 1. The van der Waals surface area contributed by atoms with Gasteiger partial charge in [-0.1, -0.05) is 46.0 Å². The third-order valence-electron chi connectivity index (χ3n) is 10.7. The Kier molecular flexibility index (Phi) is 7.07. The maximum atomic E-state index is 12.7. The lowest BCUT2D eigenvalue weighted by molar-refractivity contribution is -0.192. The van der Waals surface area contributed by atoms with Crippen molar-refractivity contribution in [2.75, 3.05) is 6.61 Å². The summed E-state index contributed by atoms with van der Waals surface area (Å²) in [6, 6.07) is 0. The Hall–Kier alpha value is -1.10. The molecule has 0 aromatic rings. The van der Waals surface area contributed by atoms with E-state index in [-0.39, 0.29) is 42.4 Å². The average molecular weight is 461 g/mol. The lowest BCUT2D eigenvalue weighted by Crippen LogP contribution is -2.55. The second-order valence-corrected chi connectivity index (χ2v) is 12.3. The normalized spacial score (nSPS) is 46.3. The van der Waals surface area contributed by atoms with Gasteiger partial charge in [-0.2, -0.15) is 0 Å². The van der Waals surface area contributed by atoms with E-state index in [9.17, 15) is 9.59 Å². The van der Waals surface area contributed by atoms with Crippen LogP contribution in [0.3, 0.4) is 0 Å². The second-order valence-electron chi connectivity index (χ2n) is 12.3. The van der Waals surface area contributed by atoms with Gasteiger partial charge in [0.2, 0.25) is 0 Å². The lowest BCUT2D eigenvalue weighted by Gasteiger charge is -2.50. The first-order chi connectivity index (χ1) is 15.9. The van der Waals surface area contributed by atoms with Crippen LogP contribution in [0, 0.1) is 53.3 Å². The van der Waals surface area contributed by atoms with Crippen LogP contribution in [0.4, 0.5) is 0 Å². The van der Waals surface area contributed by atoms with Crippen LogP contribution >= 0.6 is 0 Å². The van der Waals surface area contributed by atoms with Gasteiger partial charge in [-0.25, -0.2) is 0 Å². The molecule has 0 amide bonds. The highest BCUT2D eigenvalue weighted by Gasteiger charge is 2.56. The first kappa shape index (κ1) is 23.6. The van der Waals surface area contributed by atoms with Gasteiger partial charge < -0.3 is 14.6 Å². The number of hydrogen-bond acceptors (Lipinski definition) is 4. The van der Waals surface area contributed by atoms with Crippen LogP contribution in [0.25, 0.3) is 0 Å². The zero-order chi connectivity index (χ0) is 23.1. The molecule has 5 rings (SSSR count). The summed E-state index contributed by atoms with van der Waals surface area (Å²) in [5.41, 5.74) is 0. The monoisotopic (exact) mass is 460 g/mol. The van der Waals surface area contributed by atoms with Crippen LogP contribution in [0.5, 0.6) is 0 Å². The number of aliphatic carboxylic acids is 1. The molecule has 5 aliphatic rings. The van der Waals surface area contributed by atoms with E-state index < -0.39 is 5.97 Å². The SMILES string of the molecule is CC1C(CCC(=O)O)C(=O)OC2C(C)C3OCC(C4CCC(C5CCCCC5)CC4)C3CC12. The smallest absolute Gasteiger partial charge is 0.309 e. The summed E-state index contributed by atoms with van der Waals surface area (Å²) in [5, 5.41) is 9.13. The highest BCUT2D eigenvalue weighted by atomic mass is 16.6. The number of ether oxygens (including phenoxy) is 2. The molecule has 0 aromatic heterocycles. The van der Waals surface area contributed by atoms with E-state index in [1.807, 2.05) is 0 Å². The van der Waals surface area contributed by atoms with Crippen molar-refractivity contribution in [3.8, 4) is 0 Å². The van der Waals surface area contributed by atoms with Crippen LogP contribution in [-0.2, 0) is 19.1 Å². The minimum Gasteiger partial charge on any atom is -0.481 e. The van der Waals surface area contributed by atoms with E-state index >= 15 is 0 Å². The largest absolute Gasteiger partial charge is 0.481 e. The van der Waals surface area contributed by atoms with Gasteiger partial charge in [0.1, 0.15) is 6.10 Å². The Labute approximate surface area is 199 Å². The molecule has 0 radical (unpaired) electrons. The zero-order valence-electron chi connectivity index (χ0n) is 20.6. The van der Waals surface area contributed by atoms with Crippen molar-refractivity contribution in [1.29, 1.82) is 0 Å². The molecule has 8 unspecified atom stereocenters. The number of carbonyl (C=O) groups is 2. The van der Waals surface area contributed by atoms with Gasteiger partial charge in [-0.15, -0.1) is 0 Å². The fourth-order valence-corrected chi connectivity index (χ4v) is 8.83. The van der Waals surface area contributed by atoms with Crippen LogP contribution in [0.15, 0.2) is 0 Å². The van der Waals surface area contributed by atoms with Crippen LogP contribution in [-0.4, -0.2) is 35.9 Å². The molecule has 5 nitrogen and oxygen atoms in total. The van der Waals surface area contributed by atoms with Gasteiger partial charge in [-0.3, -0.25) is 9.59 Å². The Bertz CT molecular complexity index is 707. The second kappa shape index (κ2) is 9.87. The maximum Gasteiger partial charge on any atom is 0.309 e. The van der Waals surface area contributed by atoms with Gasteiger partial charge in [0.15, 0.2) is 0 Å². The number of carboxylic acids is 1. The summed E-state index contributed by atoms with van der Waals surface area (Å²) in [6.45, 7) is 5.26. The minimum atomic E-state index is -0.831. The number of carbonyl (C=O) groups excluding carboxylic acids is 1. The predicted octanol–water partition coefficient (Wildman–Crippen LogP) is 5.70. The number of esters is 1. The topological polar surface area (TPSA) is 72.8 Å². The average Bonchev–Trinajstić information content (AvgIpc) is 3.25. The number of rotatable bonds is 5. The molecular formula is C28H44O5. The molecule has 3 aliphatic carbocycles. The van der Waals surface area contributed by atoms with Crippen molar-refractivity contribution in [3.05, 3.63) is 0 Å². The Morgan fingerprint density at radius 1 is 0.848 bits per heavy atom. The molecule has 0 spiro atoms. The summed E-state index contributed by atoms with van der Waals surface area (Å²) >= 11 is 0. The van der Waals surface area contributed by atoms with E-state index in [4.69, 9.17) is 14.6 Å². The molecule has 5 heteroatoms. The summed E-state index contributed by atoms with van der Waals surface area (Å²) < 4.78 is 12.4. The molecule has 1 N–H and O–H groups in total. The third-order valence-corrected chi connectivity index (χ3v) is 10.7. The summed E-state index contributed by atoms with van der Waals surface area (Å²) in [6.07, 6.45) is 14.5. The molecular weight excluding hydrogens is 416 g/mol. The van der Waals surface area contributed by atoms with Gasteiger partial charge in [0.25, 0.3) is 0 Å². The van der Waals surface area contributed by atoms with Crippen molar-refractivity contribution in [2.45, 2.75) is 103 Å². The number of fused-ring (bicyclic) bond motifs is 2. The van der Waals surface area contributed by atoms with E-state index in [1.165, 1.54) is 57.8 Å². The lowest BCUT2D eigenvalue weighted by atomic mass is 9.59. The van der Waals surface area contributed by atoms with Crippen molar-refractivity contribution >= 4 is 11.9 Å². The summed E-state index contributed by atoms with van der Waals surface area (Å²) in [7, 11) is 0. The van der Waals surface area contributed by atoms with E-state index in [2.05, 4.69) is 13.8 Å². The fourth-order valence-electron chi connectivity index (χ4n) is 8.83. The molecule has 2 saturated heterocycles. The van der Waals surface area contributed by atoms with Crippen molar-refractivity contribution in [2.24, 2.45) is 53.3 Å². The van der Waals surface area contributed by atoms with Crippen LogP contribution in [0.2, 0.25) is 0 Å². The number of hydrogen-bond donors (Lipinski definition) is 1. The third kappa shape index (κ3) is 4.60. The standard InChI is InChI=1S/C28H44O5/c1-16-21(12-13-25(29)30)28(31)33-27-17(2)26-23(14-22(16)27)24(15-32-26)20-10-8-19(9-11-20)18-6-4-3-5-7-18/h16-24,26-27H,3-15H2,1-2H3,(H,29,30). The highest BCUT2D eigenvalue weighted by molar-refractivity contribution is 5.75. The Morgan fingerprint density at radius 3 is 2.21 bits per heavy atom. The van der Waals surface area contributed by atoms with Gasteiger partial charge in [0.05, 0.1) is 18.6 Å². The maximum absolute atomic E-state index is 12.7. The Morgan fingerprint density at radius 2 is 1.52 bits per heavy atom. The molecule has 186 valence electrons. The van der Waals surface area contributed by atoms with E-state index in [0.29, 0.717) is 24.2 Å². The molecule has 2 heterocycles.